The van der Waals surface area contributed by atoms with Gasteiger partial charge in [-0.2, -0.15) is 0 Å². The van der Waals surface area contributed by atoms with Crippen molar-refractivity contribution >= 4 is 11.6 Å². The Hall–Kier alpha value is -3.41. The van der Waals surface area contributed by atoms with Gasteiger partial charge in [-0.25, -0.2) is 0 Å². The Morgan fingerprint density at radius 3 is 2.18 bits per heavy atom. The summed E-state index contributed by atoms with van der Waals surface area (Å²) in [5, 5.41) is 2.76. The van der Waals surface area contributed by atoms with Gasteiger partial charge in [-0.05, 0) is 74.2 Å². The molecule has 1 amide bonds. The Labute approximate surface area is 163 Å². The highest BCUT2D eigenvalue weighted by molar-refractivity contribution is 5.90. The standard InChI is InChI=1S/C22H23N3O3/c1-14-9-15(2)11-19(10-14)25-8-7-24(21(27)22(25)28)13-20(26)23-18-6-5-16(3)17(4)12-18/h5-12H,13H2,1-4H3,(H,23,26). The smallest absolute Gasteiger partial charge is 0.320 e. The molecule has 6 heteroatoms. The van der Waals surface area contributed by atoms with Crippen LogP contribution in [-0.4, -0.2) is 15.0 Å². The lowest BCUT2D eigenvalue weighted by Crippen LogP contribution is -2.41. The molecular formula is C22H23N3O3. The molecule has 1 aromatic heterocycles. The van der Waals surface area contributed by atoms with Crippen LogP contribution in [0.1, 0.15) is 22.3 Å². The highest BCUT2D eigenvalue weighted by Gasteiger charge is 2.11. The second-order valence-electron chi connectivity index (χ2n) is 7.10. The fraction of sp³-hybridized carbons (Fsp3) is 0.227. The van der Waals surface area contributed by atoms with Gasteiger partial charge < -0.3 is 5.32 Å². The number of carbonyl (C=O) groups excluding carboxylic acids is 1. The molecule has 2 aromatic carbocycles. The maximum atomic E-state index is 12.5. The van der Waals surface area contributed by atoms with Crippen molar-refractivity contribution in [2.45, 2.75) is 34.2 Å². The maximum Gasteiger partial charge on any atom is 0.320 e. The Morgan fingerprint density at radius 2 is 1.54 bits per heavy atom. The Kier molecular flexibility index (Phi) is 5.31. The zero-order valence-corrected chi connectivity index (χ0v) is 16.4. The van der Waals surface area contributed by atoms with Gasteiger partial charge in [0.05, 0.1) is 0 Å². The minimum atomic E-state index is -0.739. The second-order valence-corrected chi connectivity index (χ2v) is 7.10. The van der Waals surface area contributed by atoms with Gasteiger partial charge in [0.25, 0.3) is 0 Å². The monoisotopic (exact) mass is 377 g/mol. The van der Waals surface area contributed by atoms with Crippen LogP contribution < -0.4 is 16.4 Å². The fourth-order valence-corrected chi connectivity index (χ4v) is 3.10. The molecule has 0 spiro atoms. The highest BCUT2D eigenvalue weighted by atomic mass is 16.2. The largest absolute Gasteiger partial charge is 0.325 e. The zero-order chi connectivity index (χ0) is 20.4. The number of hydrogen-bond donors (Lipinski definition) is 1. The van der Waals surface area contributed by atoms with Gasteiger partial charge >= 0.3 is 11.1 Å². The lowest BCUT2D eigenvalue weighted by atomic mass is 10.1. The SMILES string of the molecule is Cc1cc(C)cc(-n2ccn(CC(=O)Nc3ccc(C)c(C)c3)c(=O)c2=O)c1. The predicted molar refractivity (Wildman–Crippen MR) is 110 cm³/mol. The highest BCUT2D eigenvalue weighted by Crippen LogP contribution is 2.14. The van der Waals surface area contributed by atoms with Crippen LogP contribution in [0.4, 0.5) is 5.69 Å². The van der Waals surface area contributed by atoms with E-state index in [0.29, 0.717) is 11.4 Å². The van der Waals surface area contributed by atoms with E-state index in [4.69, 9.17) is 0 Å². The number of hydrogen-bond acceptors (Lipinski definition) is 3. The molecule has 0 aliphatic carbocycles. The molecule has 0 saturated carbocycles. The summed E-state index contributed by atoms with van der Waals surface area (Å²) in [4.78, 5) is 37.3. The molecule has 0 bridgehead atoms. The van der Waals surface area contributed by atoms with Crippen molar-refractivity contribution in [3.63, 3.8) is 0 Å². The predicted octanol–water partition coefficient (Wildman–Crippen LogP) is 2.87. The molecule has 0 atom stereocenters. The Balaban J connectivity index is 1.84. The van der Waals surface area contributed by atoms with E-state index in [1.54, 1.807) is 6.07 Å². The van der Waals surface area contributed by atoms with Crippen LogP contribution in [-0.2, 0) is 11.3 Å². The van der Waals surface area contributed by atoms with Crippen LogP contribution in [0.3, 0.4) is 0 Å². The number of benzene rings is 2. The Bertz CT molecular complexity index is 1150. The molecule has 0 unspecified atom stereocenters. The summed E-state index contributed by atoms with van der Waals surface area (Å²) >= 11 is 0. The van der Waals surface area contributed by atoms with Crippen LogP contribution in [0.15, 0.2) is 58.4 Å². The first-order chi connectivity index (χ1) is 13.2. The average Bonchev–Trinajstić information content (AvgIpc) is 2.61. The fourth-order valence-electron chi connectivity index (χ4n) is 3.10. The summed E-state index contributed by atoms with van der Waals surface area (Å²) in [5.41, 5.74) is 4.05. The third-order valence-corrected chi connectivity index (χ3v) is 4.65. The molecule has 0 saturated heterocycles. The number of anilines is 1. The number of rotatable bonds is 4. The topological polar surface area (TPSA) is 73.1 Å². The van der Waals surface area contributed by atoms with Crippen LogP contribution in [0.25, 0.3) is 5.69 Å². The van der Waals surface area contributed by atoms with E-state index in [1.807, 2.05) is 58.0 Å². The number of amides is 1. The summed E-state index contributed by atoms with van der Waals surface area (Å²) in [6.07, 6.45) is 2.97. The van der Waals surface area contributed by atoms with Crippen molar-refractivity contribution in [3.05, 3.63) is 91.8 Å². The van der Waals surface area contributed by atoms with Crippen molar-refractivity contribution in [1.29, 1.82) is 0 Å². The van der Waals surface area contributed by atoms with Crippen LogP contribution in [0.5, 0.6) is 0 Å². The molecule has 0 fully saturated rings. The molecular weight excluding hydrogens is 354 g/mol. The van der Waals surface area contributed by atoms with Crippen LogP contribution >= 0.6 is 0 Å². The summed E-state index contributed by atoms with van der Waals surface area (Å²) in [6.45, 7) is 7.59. The second kappa shape index (κ2) is 7.68. The minimum absolute atomic E-state index is 0.227. The maximum absolute atomic E-state index is 12.5. The number of carbonyl (C=O) groups is 1. The van der Waals surface area contributed by atoms with Crippen LogP contribution in [0.2, 0.25) is 0 Å². The first-order valence-electron chi connectivity index (χ1n) is 9.02. The third-order valence-electron chi connectivity index (χ3n) is 4.65. The summed E-state index contributed by atoms with van der Waals surface area (Å²) < 4.78 is 2.43. The molecule has 3 rings (SSSR count). The van der Waals surface area contributed by atoms with Crippen molar-refractivity contribution in [1.82, 2.24) is 9.13 Å². The quantitative estimate of drug-likeness (QED) is 0.711. The average molecular weight is 377 g/mol. The number of nitrogens with zero attached hydrogens (tertiary/aromatic N) is 2. The zero-order valence-electron chi connectivity index (χ0n) is 16.4. The molecule has 0 radical (unpaired) electrons. The van der Waals surface area contributed by atoms with Gasteiger partial charge in [-0.1, -0.05) is 12.1 Å². The van der Waals surface area contributed by atoms with Crippen molar-refractivity contribution in [2.75, 3.05) is 5.32 Å². The molecule has 144 valence electrons. The molecule has 0 aliphatic heterocycles. The first-order valence-corrected chi connectivity index (χ1v) is 9.02. The lowest BCUT2D eigenvalue weighted by molar-refractivity contribution is -0.116. The van der Waals surface area contributed by atoms with Gasteiger partial charge in [0.2, 0.25) is 5.91 Å². The molecule has 1 heterocycles. The van der Waals surface area contributed by atoms with Gasteiger partial charge in [0.1, 0.15) is 6.54 Å². The normalized spacial score (nSPS) is 10.7. The first kappa shape index (κ1) is 19.4. The number of nitrogens with one attached hydrogen (secondary N) is 1. The Morgan fingerprint density at radius 1 is 0.857 bits per heavy atom. The lowest BCUT2D eigenvalue weighted by Gasteiger charge is -2.11. The van der Waals surface area contributed by atoms with Gasteiger partial charge in [-0.3, -0.25) is 23.5 Å². The number of aryl methyl sites for hydroxylation is 4. The summed E-state index contributed by atoms with van der Waals surface area (Å²) in [7, 11) is 0. The van der Waals surface area contributed by atoms with Gasteiger partial charge in [0, 0.05) is 23.8 Å². The molecule has 6 nitrogen and oxygen atoms in total. The van der Waals surface area contributed by atoms with Crippen molar-refractivity contribution in [3.8, 4) is 5.69 Å². The molecule has 3 aromatic rings. The number of aromatic nitrogens is 2. The van der Waals surface area contributed by atoms with Gasteiger partial charge in [0.15, 0.2) is 0 Å². The van der Waals surface area contributed by atoms with Crippen LogP contribution in [0, 0.1) is 27.7 Å². The van der Waals surface area contributed by atoms with E-state index < -0.39 is 11.1 Å². The van der Waals surface area contributed by atoms with Crippen molar-refractivity contribution < 1.29 is 4.79 Å². The molecule has 28 heavy (non-hydrogen) atoms. The van der Waals surface area contributed by atoms with E-state index in [0.717, 1.165) is 26.8 Å². The summed E-state index contributed by atoms with van der Waals surface area (Å²) in [5.74, 6) is -0.367. The van der Waals surface area contributed by atoms with E-state index in [1.165, 1.54) is 17.0 Å². The minimum Gasteiger partial charge on any atom is -0.325 e. The van der Waals surface area contributed by atoms with E-state index in [9.17, 15) is 14.4 Å². The van der Waals surface area contributed by atoms with Crippen molar-refractivity contribution in [2.24, 2.45) is 0 Å². The molecule has 0 aliphatic rings. The van der Waals surface area contributed by atoms with E-state index >= 15 is 0 Å². The van der Waals surface area contributed by atoms with E-state index in [2.05, 4.69) is 5.32 Å². The third kappa shape index (κ3) is 4.11. The molecule has 1 N–H and O–H groups in total. The van der Waals surface area contributed by atoms with Gasteiger partial charge in [-0.15, -0.1) is 0 Å². The summed E-state index contributed by atoms with van der Waals surface area (Å²) in [6, 6.07) is 11.3. The van der Waals surface area contributed by atoms with E-state index in [-0.39, 0.29) is 12.5 Å².